The maximum absolute atomic E-state index is 10.7. The Labute approximate surface area is 63.3 Å². The molecule has 0 amide bonds. The maximum Gasteiger partial charge on any atom is 0.306 e. The van der Waals surface area contributed by atoms with E-state index in [-0.39, 0.29) is 0 Å². The smallest absolute Gasteiger partial charge is 0.306 e. The summed E-state index contributed by atoms with van der Waals surface area (Å²) in [6.07, 6.45) is 0. The molecule has 0 bridgehead atoms. The summed E-state index contributed by atoms with van der Waals surface area (Å²) in [6.45, 7) is 9.83. The fourth-order valence-corrected chi connectivity index (χ4v) is 0.962. The van der Waals surface area contributed by atoms with Gasteiger partial charge in [0.1, 0.15) is 0 Å². The highest BCUT2D eigenvalue weighted by Crippen LogP contribution is 2.36. The van der Waals surface area contributed by atoms with Crippen LogP contribution in [-0.4, -0.2) is 19.1 Å². The second kappa shape index (κ2) is 2.38. The Hall–Kier alpha value is -0.313. The summed E-state index contributed by atoms with van der Waals surface area (Å²) in [5.74, 6) is -0.674. The number of carbonyl (C=O) groups is 1. The van der Waals surface area contributed by atoms with Gasteiger partial charge in [-0.1, -0.05) is 33.5 Å². The fourth-order valence-electron chi connectivity index (χ4n) is 0.321. The molecule has 0 saturated heterocycles. The van der Waals surface area contributed by atoms with Crippen LogP contribution in [-0.2, 0) is 4.79 Å². The van der Waals surface area contributed by atoms with Crippen molar-refractivity contribution in [2.24, 2.45) is 0 Å². The molecule has 0 aliphatic rings. The second-order valence-electron chi connectivity index (χ2n) is 4.18. The molecule has 0 radical (unpaired) electrons. The summed E-state index contributed by atoms with van der Waals surface area (Å²) < 4.78 is 0. The normalized spacial score (nSPS) is 13.3. The van der Waals surface area contributed by atoms with Gasteiger partial charge in [-0.3, -0.25) is 4.79 Å². The van der Waals surface area contributed by atoms with Crippen LogP contribution in [0, 0.1) is 0 Å². The van der Waals surface area contributed by atoms with Crippen LogP contribution in [0.4, 0.5) is 0 Å². The van der Waals surface area contributed by atoms with Crippen molar-refractivity contribution in [3.8, 4) is 0 Å². The second-order valence-corrected chi connectivity index (χ2v) is 9.93. The molecule has 0 aromatic rings. The van der Waals surface area contributed by atoms with E-state index in [0.717, 1.165) is 0 Å². The molecular formula is C7H16O2Si. The molecule has 0 aromatic heterocycles. The average molecular weight is 160 g/mol. The standard InChI is InChI=1S/C7H16O2Si/c1-7(2,6(8)9)10(3,4)5/h1-5H3,(H,8,9). The molecule has 0 rings (SSSR count). The Kier molecular flexibility index (Phi) is 2.31. The van der Waals surface area contributed by atoms with Crippen LogP contribution in [0.3, 0.4) is 0 Å². The van der Waals surface area contributed by atoms with E-state index >= 15 is 0 Å². The van der Waals surface area contributed by atoms with Crippen molar-refractivity contribution in [3.05, 3.63) is 0 Å². The molecule has 3 heteroatoms. The molecule has 0 atom stereocenters. The first kappa shape index (κ1) is 9.69. The van der Waals surface area contributed by atoms with Crippen molar-refractivity contribution in [1.29, 1.82) is 0 Å². The number of carboxylic acids is 1. The van der Waals surface area contributed by atoms with Crippen LogP contribution in [0.2, 0.25) is 24.7 Å². The molecule has 0 saturated carbocycles. The molecule has 0 spiro atoms. The van der Waals surface area contributed by atoms with Gasteiger partial charge in [-0.25, -0.2) is 0 Å². The van der Waals surface area contributed by atoms with E-state index < -0.39 is 19.1 Å². The van der Waals surface area contributed by atoms with E-state index in [1.165, 1.54) is 0 Å². The predicted molar refractivity (Wildman–Crippen MR) is 45.0 cm³/mol. The third-order valence-electron chi connectivity index (χ3n) is 2.41. The van der Waals surface area contributed by atoms with Gasteiger partial charge in [0.05, 0.1) is 13.1 Å². The fraction of sp³-hybridized carbons (Fsp3) is 0.857. The lowest BCUT2D eigenvalue weighted by Gasteiger charge is -2.32. The van der Waals surface area contributed by atoms with Crippen molar-refractivity contribution in [2.45, 2.75) is 38.5 Å². The van der Waals surface area contributed by atoms with Crippen molar-refractivity contribution in [1.82, 2.24) is 0 Å². The number of hydrogen-bond donors (Lipinski definition) is 1. The summed E-state index contributed by atoms with van der Waals surface area (Å²) in [6, 6.07) is 0. The number of aliphatic carboxylic acids is 1. The molecule has 0 aromatic carbocycles. The third-order valence-corrected chi connectivity index (χ3v) is 6.37. The predicted octanol–water partition coefficient (Wildman–Crippen LogP) is 2.19. The Morgan fingerprint density at radius 2 is 1.60 bits per heavy atom. The first-order valence-corrected chi connectivity index (χ1v) is 6.93. The van der Waals surface area contributed by atoms with E-state index in [4.69, 9.17) is 5.11 Å². The average Bonchev–Trinajstić information content (AvgIpc) is 1.62. The molecule has 0 aliphatic heterocycles. The zero-order valence-corrected chi connectivity index (χ0v) is 8.36. The molecule has 0 heterocycles. The van der Waals surface area contributed by atoms with Crippen LogP contribution in [0.15, 0.2) is 0 Å². The van der Waals surface area contributed by atoms with Crippen molar-refractivity contribution in [3.63, 3.8) is 0 Å². The SMILES string of the molecule is CC(C)(C(=O)O)[Si](C)(C)C. The van der Waals surface area contributed by atoms with Gasteiger partial charge in [0.25, 0.3) is 0 Å². The van der Waals surface area contributed by atoms with Gasteiger partial charge in [0, 0.05) is 0 Å². The lowest BCUT2D eigenvalue weighted by molar-refractivity contribution is -0.139. The van der Waals surface area contributed by atoms with Gasteiger partial charge in [-0.05, 0) is 0 Å². The number of hydrogen-bond acceptors (Lipinski definition) is 1. The maximum atomic E-state index is 10.7. The highest BCUT2D eigenvalue weighted by Gasteiger charge is 2.41. The third kappa shape index (κ3) is 1.59. The van der Waals surface area contributed by atoms with E-state index in [0.29, 0.717) is 0 Å². The molecule has 10 heavy (non-hydrogen) atoms. The van der Waals surface area contributed by atoms with Crippen LogP contribution >= 0.6 is 0 Å². The molecule has 60 valence electrons. The first-order valence-electron chi connectivity index (χ1n) is 3.43. The van der Waals surface area contributed by atoms with Crippen LogP contribution in [0.5, 0.6) is 0 Å². The summed E-state index contributed by atoms with van der Waals surface area (Å²) in [5.41, 5.74) is 0. The topological polar surface area (TPSA) is 37.3 Å². The van der Waals surface area contributed by atoms with Gasteiger partial charge < -0.3 is 5.11 Å². The zero-order valence-electron chi connectivity index (χ0n) is 7.36. The molecule has 0 unspecified atom stereocenters. The van der Waals surface area contributed by atoms with Crippen molar-refractivity contribution < 1.29 is 9.90 Å². The monoisotopic (exact) mass is 160 g/mol. The van der Waals surface area contributed by atoms with Gasteiger partial charge in [0.2, 0.25) is 0 Å². The Morgan fingerprint density at radius 3 is 1.60 bits per heavy atom. The first-order chi connectivity index (χ1) is 4.19. The van der Waals surface area contributed by atoms with Crippen LogP contribution < -0.4 is 0 Å². The van der Waals surface area contributed by atoms with Gasteiger partial charge in [-0.15, -0.1) is 0 Å². The highest BCUT2D eigenvalue weighted by molar-refractivity contribution is 6.82. The molecule has 2 nitrogen and oxygen atoms in total. The largest absolute Gasteiger partial charge is 0.481 e. The molecule has 1 N–H and O–H groups in total. The number of rotatable bonds is 2. The quantitative estimate of drug-likeness (QED) is 0.629. The van der Waals surface area contributed by atoms with E-state index in [1.54, 1.807) is 0 Å². The Bertz CT molecular complexity index is 144. The minimum Gasteiger partial charge on any atom is -0.481 e. The van der Waals surface area contributed by atoms with Gasteiger partial charge >= 0.3 is 5.97 Å². The molecular weight excluding hydrogens is 144 g/mol. The van der Waals surface area contributed by atoms with E-state index in [1.807, 2.05) is 13.8 Å². The number of carboxylic acid groups (broad SMARTS) is 1. The molecule has 0 fully saturated rings. The van der Waals surface area contributed by atoms with Crippen LogP contribution in [0.25, 0.3) is 0 Å². The summed E-state index contributed by atoms with van der Waals surface area (Å²) >= 11 is 0. The lowest BCUT2D eigenvalue weighted by Crippen LogP contribution is -2.40. The van der Waals surface area contributed by atoms with Crippen LogP contribution in [0.1, 0.15) is 13.8 Å². The van der Waals surface area contributed by atoms with E-state index in [9.17, 15) is 4.79 Å². The van der Waals surface area contributed by atoms with E-state index in [2.05, 4.69) is 19.6 Å². The minimum absolute atomic E-state index is 0.507. The zero-order chi connectivity index (χ0) is 8.58. The summed E-state index contributed by atoms with van der Waals surface area (Å²) in [5, 5.41) is 8.30. The van der Waals surface area contributed by atoms with Crippen molar-refractivity contribution >= 4 is 14.0 Å². The lowest BCUT2D eigenvalue weighted by atomic mass is 10.2. The summed E-state index contributed by atoms with van der Waals surface area (Å²) in [7, 11) is -1.55. The summed E-state index contributed by atoms with van der Waals surface area (Å²) in [4.78, 5) is 10.7. The van der Waals surface area contributed by atoms with Gasteiger partial charge in [-0.2, -0.15) is 0 Å². The van der Waals surface area contributed by atoms with Gasteiger partial charge in [0.15, 0.2) is 0 Å². The van der Waals surface area contributed by atoms with Crippen molar-refractivity contribution in [2.75, 3.05) is 0 Å². The molecule has 0 aliphatic carbocycles. The highest BCUT2D eigenvalue weighted by atomic mass is 28.3. The Balaban J connectivity index is 4.57. The Morgan fingerprint density at radius 1 is 1.30 bits per heavy atom. The minimum atomic E-state index is -1.55.